The number of para-hydroxylation sites is 1. The van der Waals surface area contributed by atoms with Gasteiger partial charge in [-0.2, -0.15) is 0 Å². The molecule has 0 amide bonds. The van der Waals surface area contributed by atoms with Gasteiger partial charge in [0.2, 0.25) is 0 Å². The normalized spacial score (nSPS) is 23.4. The van der Waals surface area contributed by atoms with Crippen LogP contribution >= 0.6 is 8.25 Å². The van der Waals surface area contributed by atoms with Crippen molar-refractivity contribution < 1.29 is 18.3 Å². The maximum absolute atomic E-state index is 11.9. The van der Waals surface area contributed by atoms with Crippen molar-refractivity contribution in [2.75, 3.05) is 6.61 Å². The standard InChI is InChI=1S/C16H17N2O6P/c1-11-9-13(10-22-25(21)24-12-5-3-2-4-6-12)23-15(11)18-8-7-14(19)17-16(18)20/h2-8,11,13,15H,9-10H2,1H3/p+1/t11?,13-,15+/m0/s1. The first kappa shape index (κ1) is 17.5. The van der Waals surface area contributed by atoms with E-state index in [-0.39, 0.29) is 18.6 Å². The Hall–Kier alpha value is -2.28. The van der Waals surface area contributed by atoms with Gasteiger partial charge in [-0.05, 0) is 18.6 Å². The number of ether oxygens (including phenoxy) is 1. The summed E-state index contributed by atoms with van der Waals surface area (Å²) in [4.78, 5) is 25.2. The Balaban J connectivity index is 1.56. The lowest BCUT2D eigenvalue weighted by Gasteiger charge is -2.17. The van der Waals surface area contributed by atoms with E-state index < -0.39 is 25.7 Å². The average Bonchev–Trinajstić information content (AvgIpc) is 2.95. The van der Waals surface area contributed by atoms with Crippen LogP contribution in [0.2, 0.25) is 0 Å². The molecule has 1 saturated heterocycles. The van der Waals surface area contributed by atoms with Crippen LogP contribution in [-0.4, -0.2) is 22.3 Å². The summed E-state index contributed by atoms with van der Waals surface area (Å²) in [6, 6.07) is 10.0. The molecule has 1 N–H and O–H groups in total. The van der Waals surface area contributed by atoms with E-state index in [4.69, 9.17) is 13.8 Å². The summed E-state index contributed by atoms with van der Waals surface area (Å²) >= 11 is 0. The van der Waals surface area contributed by atoms with Gasteiger partial charge in [-0.25, -0.2) is 9.32 Å². The Morgan fingerprint density at radius 1 is 1.28 bits per heavy atom. The zero-order valence-electron chi connectivity index (χ0n) is 13.5. The molecule has 1 aromatic carbocycles. The van der Waals surface area contributed by atoms with Crippen molar-refractivity contribution in [2.24, 2.45) is 5.92 Å². The lowest BCUT2D eigenvalue weighted by molar-refractivity contribution is -0.0296. The van der Waals surface area contributed by atoms with Gasteiger partial charge in [-0.15, -0.1) is 4.52 Å². The first-order valence-corrected chi connectivity index (χ1v) is 8.92. The number of H-pyrrole nitrogens is 1. The van der Waals surface area contributed by atoms with Crippen LogP contribution in [0.4, 0.5) is 0 Å². The number of benzene rings is 1. The second-order valence-electron chi connectivity index (χ2n) is 5.80. The van der Waals surface area contributed by atoms with E-state index in [1.807, 2.05) is 13.0 Å². The lowest BCUT2D eigenvalue weighted by atomic mass is 10.1. The maximum atomic E-state index is 11.9. The van der Waals surface area contributed by atoms with Crippen molar-refractivity contribution in [3.8, 4) is 5.75 Å². The molecule has 1 aliphatic heterocycles. The average molecular weight is 365 g/mol. The molecule has 1 aromatic heterocycles. The van der Waals surface area contributed by atoms with Gasteiger partial charge >= 0.3 is 13.9 Å². The van der Waals surface area contributed by atoms with Gasteiger partial charge in [0.25, 0.3) is 5.56 Å². The maximum Gasteiger partial charge on any atom is 0.750 e. The highest BCUT2D eigenvalue weighted by Crippen LogP contribution is 2.35. The molecule has 0 aliphatic carbocycles. The number of nitrogens with zero attached hydrogens (tertiary/aromatic N) is 1. The molecule has 1 aliphatic rings. The molecule has 132 valence electrons. The molecule has 0 bridgehead atoms. The van der Waals surface area contributed by atoms with Crippen molar-refractivity contribution in [1.82, 2.24) is 9.55 Å². The molecule has 2 unspecified atom stereocenters. The molecular formula is C16H18N2O6P+. The van der Waals surface area contributed by atoms with Crippen LogP contribution in [0.3, 0.4) is 0 Å². The van der Waals surface area contributed by atoms with Crippen LogP contribution in [0.1, 0.15) is 19.6 Å². The van der Waals surface area contributed by atoms with Crippen molar-refractivity contribution >= 4 is 8.25 Å². The molecule has 1 fully saturated rings. The Morgan fingerprint density at radius 3 is 2.76 bits per heavy atom. The molecule has 2 heterocycles. The van der Waals surface area contributed by atoms with E-state index in [0.717, 1.165) is 0 Å². The monoisotopic (exact) mass is 365 g/mol. The topological polar surface area (TPSA) is 99.6 Å². The largest absolute Gasteiger partial charge is 0.750 e. The van der Waals surface area contributed by atoms with E-state index in [1.165, 1.54) is 16.8 Å². The molecular weight excluding hydrogens is 347 g/mol. The second-order valence-corrected chi connectivity index (χ2v) is 6.69. The fourth-order valence-electron chi connectivity index (χ4n) is 2.73. The van der Waals surface area contributed by atoms with Gasteiger partial charge < -0.3 is 4.74 Å². The second kappa shape index (κ2) is 7.74. The number of rotatable bonds is 6. The Morgan fingerprint density at radius 2 is 2.04 bits per heavy atom. The van der Waals surface area contributed by atoms with E-state index in [1.54, 1.807) is 24.3 Å². The highest BCUT2D eigenvalue weighted by atomic mass is 31.1. The fourth-order valence-corrected chi connectivity index (χ4v) is 3.36. The smallest absolute Gasteiger partial charge is 0.352 e. The molecule has 0 saturated carbocycles. The summed E-state index contributed by atoms with van der Waals surface area (Å²) in [5.41, 5.74) is -0.980. The van der Waals surface area contributed by atoms with E-state index in [9.17, 15) is 14.2 Å². The third-order valence-electron chi connectivity index (χ3n) is 3.87. The summed E-state index contributed by atoms with van der Waals surface area (Å²) in [6.45, 7) is 2.02. The van der Waals surface area contributed by atoms with E-state index >= 15 is 0 Å². The predicted molar refractivity (Wildman–Crippen MR) is 89.6 cm³/mol. The fraction of sp³-hybridized carbons (Fsp3) is 0.375. The minimum Gasteiger partial charge on any atom is -0.352 e. The van der Waals surface area contributed by atoms with Crippen LogP contribution in [0.25, 0.3) is 0 Å². The Kier molecular flexibility index (Phi) is 5.43. The van der Waals surface area contributed by atoms with Gasteiger partial charge in [-0.3, -0.25) is 14.3 Å². The summed E-state index contributed by atoms with van der Waals surface area (Å²) in [5, 5.41) is 0. The van der Waals surface area contributed by atoms with Gasteiger partial charge in [0.15, 0.2) is 5.75 Å². The zero-order chi connectivity index (χ0) is 17.8. The van der Waals surface area contributed by atoms with Crippen LogP contribution in [-0.2, 0) is 13.8 Å². The Labute approximate surface area is 144 Å². The molecule has 9 heteroatoms. The van der Waals surface area contributed by atoms with Crippen LogP contribution in [0.15, 0.2) is 52.2 Å². The van der Waals surface area contributed by atoms with Crippen LogP contribution < -0.4 is 15.8 Å². The van der Waals surface area contributed by atoms with E-state index in [2.05, 4.69) is 4.98 Å². The van der Waals surface area contributed by atoms with Gasteiger partial charge in [0.1, 0.15) is 12.8 Å². The number of aromatic nitrogens is 2. The number of nitrogens with one attached hydrogen (secondary N) is 1. The first-order valence-electron chi connectivity index (χ1n) is 7.83. The van der Waals surface area contributed by atoms with Crippen LogP contribution in [0, 0.1) is 5.92 Å². The highest BCUT2D eigenvalue weighted by Gasteiger charge is 2.36. The quantitative estimate of drug-likeness (QED) is 0.788. The molecule has 8 nitrogen and oxygen atoms in total. The number of hydrogen-bond acceptors (Lipinski definition) is 6. The summed E-state index contributed by atoms with van der Waals surface area (Å²) in [7, 11) is -2.31. The molecule has 0 spiro atoms. The summed E-state index contributed by atoms with van der Waals surface area (Å²) in [5.74, 6) is 0.493. The third-order valence-corrected chi connectivity index (χ3v) is 4.59. The third kappa shape index (κ3) is 4.42. The van der Waals surface area contributed by atoms with Crippen molar-refractivity contribution in [1.29, 1.82) is 0 Å². The number of hydrogen-bond donors (Lipinski definition) is 1. The van der Waals surface area contributed by atoms with Gasteiger partial charge in [0.05, 0.1) is 6.10 Å². The minimum atomic E-state index is -2.31. The molecule has 2 aromatic rings. The SMILES string of the molecule is CC1C[C@@H](CO[P+](=O)Oc2ccccc2)O[C@H]1n1ccc(=O)[nH]c1=O. The molecule has 25 heavy (non-hydrogen) atoms. The number of aromatic amines is 1. The first-order chi connectivity index (χ1) is 12.0. The Bertz CT molecular complexity index is 849. The van der Waals surface area contributed by atoms with Crippen molar-refractivity contribution in [3.05, 3.63) is 63.4 Å². The molecule has 4 atom stereocenters. The van der Waals surface area contributed by atoms with Crippen molar-refractivity contribution in [2.45, 2.75) is 25.7 Å². The summed E-state index contributed by atoms with van der Waals surface area (Å²) in [6.07, 6.45) is 1.21. The predicted octanol–water partition coefficient (Wildman–Crippen LogP) is 2.21. The van der Waals surface area contributed by atoms with Crippen molar-refractivity contribution in [3.63, 3.8) is 0 Å². The van der Waals surface area contributed by atoms with Crippen LogP contribution in [0.5, 0.6) is 5.75 Å². The molecule has 0 radical (unpaired) electrons. The zero-order valence-corrected chi connectivity index (χ0v) is 14.4. The van der Waals surface area contributed by atoms with Gasteiger partial charge in [0, 0.05) is 22.7 Å². The summed E-state index contributed by atoms with van der Waals surface area (Å²) < 4.78 is 29.4. The highest BCUT2D eigenvalue weighted by molar-refractivity contribution is 7.33. The van der Waals surface area contributed by atoms with Gasteiger partial charge in [-0.1, -0.05) is 25.1 Å². The molecule has 3 rings (SSSR count). The lowest BCUT2D eigenvalue weighted by Crippen LogP contribution is -2.33. The van der Waals surface area contributed by atoms with E-state index in [0.29, 0.717) is 12.2 Å². The minimum absolute atomic E-state index is 0.0325.